The Bertz CT molecular complexity index is 885. The number of nitrogens with zero attached hydrogens (tertiary/aromatic N) is 1. The molecule has 1 aliphatic rings. The van der Waals surface area contributed by atoms with Crippen LogP contribution in [0.15, 0.2) is 36.6 Å². The van der Waals surface area contributed by atoms with E-state index in [0.717, 1.165) is 45.7 Å². The number of rotatable bonds is 11. The van der Waals surface area contributed by atoms with E-state index in [1.54, 1.807) is 37.7 Å². The molecule has 33 heavy (non-hydrogen) atoms. The van der Waals surface area contributed by atoms with Gasteiger partial charge in [0.1, 0.15) is 29.2 Å². The number of nitrogens with one attached hydrogen (secondary N) is 2. The van der Waals surface area contributed by atoms with Crippen LogP contribution in [0.25, 0.3) is 0 Å². The second kappa shape index (κ2) is 15.7. The monoisotopic (exact) mass is 475 g/mol. The summed E-state index contributed by atoms with van der Waals surface area (Å²) in [4.78, 5) is 22.8. The van der Waals surface area contributed by atoms with E-state index in [-0.39, 0.29) is 6.10 Å². The standard InChI is InChI=1S/C14H19N3O3S.C10H14O2/c1-16-13-11(8-15)10-4-3-9(7-12(10)21-13)20-14(18)17-5-6-19-2;1-4-10(12-3)8-9(2)6-5-7-11/h9,16H,3-7H2,1-2H3,(H,17,18);4,7-8H,1-2,5-6H2,3H3/b;10-8+. The van der Waals surface area contributed by atoms with E-state index < -0.39 is 6.09 Å². The summed E-state index contributed by atoms with van der Waals surface area (Å²) in [5.74, 6) is 0.672. The van der Waals surface area contributed by atoms with Crippen LogP contribution in [-0.4, -0.2) is 52.9 Å². The van der Waals surface area contributed by atoms with Crippen molar-refractivity contribution < 1.29 is 23.8 Å². The fourth-order valence-electron chi connectivity index (χ4n) is 3.12. The van der Waals surface area contributed by atoms with Gasteiger partial charge in [0.25, 0.3) is 0 Å². The predicted molar refractivity (Wildman–Crippen MR) is 130 cm³/mol. The summed E-state index contributed by atoms with van der Waals surface area (Å²) in [6.07, 6.45) is 7.08. The number of hydrogen-bond donors (Lipinski definition) is 2. The van der Waals surface area contributed by atoms with Crippen LogP contribution in [-0.2, 0) is 31.8 Å². The summed E-state index contributed by atoms with van der Waals surface area (Å²) < 4.78 is 15.2. The Morgan fingerprint density at radius 2 is 2.15 bits per heavy atom. The van der Waals surface area contributed by atoms with Gasteiger partial charge in [-0.2, -0.15) is 5.26 Å². The van der Waals surface area contributed by atoms with Crippen LogP contribution in [0.2, 0.25) is 0 Å². The van der Waals surface area contributed by atoms with E-state index in [1.807, 2.05) is 7.05 Å². The molecule has 1 amide bonds. The number of amides is 1. The molecule has 8 nitrogen and oxygen atoms in total. The Morgan fingerprint density at radius 3 is 2.73 bits per heavy atom. The summed E-state index contributed by atoms with van der Waals surface area (Å²) in [5, 5.41) is 15.8. The number of nitriles is 1. The molecule has 2 N–H and O–H groups in total. The molecule has 0 aliphatic heterocycles. The molecule has 1 aromatic rings. The van der Waals surface area contributed by atoms with Crippen molar-refractivity contribution in [3.63, 3.8) is 0 Å². The second-order valence-corrected chi connectivity index (χ2v) is 8.18. The lowest BCUT2D eigenvalue weighted by atomic mass is 9.94. The van der Waals surface area contributed by atoms with Crippen molar-refractivity contribution >= 4 is 28.7 Å². The fourth-order valence-corrected chi connectivity index (χ4v) is 4.33. The highest BCUT2D eigenvalue weighted by Gasteiger charge is 2.27. The van der Waals surface area contributed by atoms with Crippen LogP contribution >= 0.6 is 11.3 Å². The van der Waals surface area contributed by atoms with Crippen LogP contribution in [0.3, 0.4) is 0 Å². The van der Waals surface area contributed by atoms with E-state index in [2.05, 4.69) is 29.9 Å². The van der Waals surface area contributed by atoms with Crippen molar-refractivity contribution in [1.29, 1.82) is 5.26 Å². The average molecular weight is 476 g/mol. The van der Waals surface area contributed by atoms with Gasteiger partial charge in [0.15, 0.2) is 0 Å². The minimum Gasteiger partial charge on any atom is -0.497 e. The van der Waals surface area contributed by atoms with Gasteiger partial charge in [0.2, 0.25) is 0 Å². The summed E-state index contributed by atoms with van der Waals surface area (Å²) >= 11 is 1.57. The molecule has 0 saturated heterocycles. The highest BCUT2D eigenvalue weighted by Crippen LogP contribution is 2.38. The van der Waals surface area contributed by atoms with Gasteiger partial charge in [0, 0.05) is 38.4 Å². The number of allylic oxidation sites excluding steroid dienone is 3. The van der Waals surface area contributed by atoms with E-state index in [9.17, 15) is 14.9 Å². The Balaban J connectivity index is 0.000000389. The van der Waals surface area contributed by atoms with Crippen molar-refractivity contribution in [1.82, 2.24) is 5.32 Å². The molecular formula is C24H33N3O5S. The molecule has 1 atom stereocenters. The van der Waals surface area contributed by atoms with E-state index in [1.165, 1.54) is 0 Å². The van der Waals surface area contributed by atoms with Gasteiger partial charge in [-0.15, -0.1) is 11.3 Å². The zero-order chi connectivity index (χ0) is 24.6. The van der Waals surface area contributed by atoms with Gasteiger partial charge in [-0.05, 0) is 37.0 Å². The fraction of sp³-hybridized carbons (Fsp3) is 0.458. The van der Waals surface area contributed by atoms with Crippen LogP contribution in [0.5, 0.6) is 0 Å². The number of aldehydes is 1. The Kier molecular flexibility index (Phi) is 13.3. The van der Waals surface area contributed by atoms with Gasteiger partial charge < -0.3 is 29.6 Å². The second-order valence-electron chi connectivity index (χ2n) is 7.08. The van der Waals surface area contributed by atoms with Crippen molar-refractivity contribution in [2.45, 2.75) is 38.2 Å². The van der Waals surface area contributed by atoms with E-state index in [0.29, 0.717) is 38.2 Å². The summed E-state index contributed by atoms with van der Waals surface area (Å²) in [5.41, 5.74) is 2.71. The molecule has 0 aromatic carbocycles. The SMILES string of the molecule is C=C/C(=C\C(=C)CCC=O)OC.CNc1sc2c(c1C#N)CCC(OC(=O)NCCOC)C2. The molecule has 1 aromatic heterocycles. The molecule has 0 radical (unpaired) electrons. The molecule has 0 saturated carbocycles. The van der Waals surface area contributed by atoms with Gasteiger partial charge in [0.05, 0.1) is 19.3 Å². The highest BCUT2D eigenvalue weighted by atomic mass is 32.1. The Labute approximate surface area is 199 Å². The summed E-state index contributed by atoms with van der Waals surface area (Å²) in [6, 6.07) is 2.26. The smallest absolute Gasteiger partial charge is 0.407 e. The predicted octanol–water partition coefficient (Wildman–Crippen LogP) is 4.13. The van der Waals surface area contributed by atoms with Crippen LogP contribution < -0.4 is 10.6 Å². The maximum atomic E-state index is 11.6. The van der Waals surface area contributed by atoms with Gasteiger partial charge in [-0.1, -0.05) is 18.7 Å². The van der Waals surface area contributed by atoms with Crippen molar-refractivity contribution in [3.05, 3.63) is 52.6 Å². The number of thiophene rings is 1. The maximum Gasteiger partial charge on any atom is 0.407 e. The lowest BCUT2D eigenvalue weighted by Crippen LogP contribution is -2.33. The van der Waals surface area contributed by atoms with E-state index >= 15 is 0 Å². The topological polar surface area (TPSA) is 110 Å². The van der Waals surface area contributed by atoms with Gasteiger partial charge in [-0.25, -0.2) is 4.79 Å². The normalized spacial score (nSPS) is 14.5. The molecule has 0 fully saturated rings. The number of methoxy groups -OCH3 is 2. The summed E-state index contributed by atoms with van der Waals surface area (Å²) in [7, 11) is 4.97. The first-order valence-corrected chi connectivity index (χ1v) is 11.4. The molecule has 1 unspecified atom stereocenters. The van der Waals surface area contributed by atoms with E-state index in [4.69, 9.17) is 14.2 Å². The molecule has 1 heterocycles. The first kappa shape index (κ1) is 27.9. The summed E-state index contributed by atoms with van der Waals surface area (Å²) in [6.45, 7) is 8.23. The molecule has 0 bridgehead atoms. The number of fused-ring (bicyclic) bond motifs is 1. The van der Waals surface area contributed by atoms with Gasteiger partial charge >= 0.3 is 6.09 Å². The maximum absolute atomic E-state index is 11.6. The lowest BCUT2D eigenvalue weighted by Gasteiger charge is -2.22. The first-order valence-electron chi connectivity index (χ1n) is 10.6. The average Bonchev–Trinajstić information content (AvgIpc) is 3.18. The van der Waals surface area contributed by atoms with Crippen LogP contribution in [0.4, 0.5) is 9.80 Å². The quantitative estimate of drug-likeness (QED) is 0.214. The highest BCUT2D eigenvalue weighted by molar-refractivity contribution is 7.16. The molecule has 180 valence electrons. The number of anilines is 1. The van der Waals surface area contributed by atoms with Crippen LogP contribution in [0.1, 0.15) is 35.3 Å². The number of alkyl carbamates (subject to hydrolysis) is 1. The number of carbonyl (C=O) groups excluding carboxylic acids is 2. The first-order chi connectivity index (χ1) is 15.9. The minimum absolute atomic E-state index is 0.130. The Hall–Kier alpha value is -3.09. The molecule has 0 spiro atoms. The molecule has 9 heteroatoms. The zero-order valence-electron chi connectivity index (χ0n) is 19.6. The zero-order valence-corrected chi connectivity index (χ0v) is 20.4. The molecular weight excluding hydrogens is 442 g/mol. The number of hydrogen-bond acceptors (Lipinski definition) is 8. The third kappa shape index (κ3) is 9.51. The van der Waals surface area contributed by atoms with Crippen molar-refractivity contribution in [2.24, 2.45) is 0 Å². The third-order valence-electron chi connectivity index (χ3n) is 4.77. The van der Waals surface area contributed by atoms with Crippen molar-refractivity contribution in [2.75, 3.05) is 39.7 Å². The third-order valence-corrected chi connectivity index (χ3v) is 6.05. The molecule has 1 aliphatic carbocycles. The molecule has 2 rings (SSSR count). The lowest BCUT2D eigenvalue weighted by molar-refractivity contribution is -0.107. The Morgan fingerprint density at radius 1 is 1.39 bits per heavy atom. The minimum atomic E-state index is -0.411. The number of carbonyl (C=O) groups is 2. The van der Waals surface area contributed by atoms with Crippen LogP contribution in [0, 0.1) is 11.3 Å². The number of ether oxygens (including phenoxy) is 3. The van der Waals surface area contributed by atoms with Gasteiger partial charge in [-0.3, -0.25) is 0 Å². The largest absolute Gasteiger partial charge is 0.497 e. The van der Waals surface area contributed by atoms with Crippen molar-refractivity contribution in [3.8, 4) is 6.07 Å².